The van der Waals surface area contributed by atoms with E-state index in [1.54, 1.807) is 11.9 Å². The quantitative estimate of drug-likeness (QED) is 0.250. The Kier molecular flexibility index (Phi) is 16.4. The van der Waals surface area contributed by atoms with E-state index in [0.29, 0.717) is 44.4 Å². The van der Waals surface area contributed by atoms with E-state index in [2.05, 4.69) is 24.5 Å². The van der Waals surface area contributed by atoms with Crippen LogP contribution < -0.4 is 10.6 Å². The molecular formula is C27H51N3O5. The number of carbonyl (C=O) groups excluding carboxylic acids is 4. The third-order valence-corrected chi connectivity index (χ3v) is 5.69. The molecule has 0 aliphatic carbocycles. The molecule has 0 atom stereocenters. The van der Waals surface area contributed by atoms with Gasteiger partial charge < -0.3 is 20.6 Å². The molecule has 0 bridgehead atoms. The van der Waals surface area contributed by atoms with E-state index in [1.807, 2.05) is 48.5 Å². The first kappa shape index (κ1) is 34.9. The molecule has 0 heterocycles. The molecule has 0 fully saturated rings. The van der Waals surface area contributed by atoms with E-state index in [-0.39, 0.29) is 35.3 Å². The van der Waals surface area contributed by atoms with Crippen LogP contribution in [0.15, 0.2) is 12.2 Å². The fourth-order valence-corrected chi connectivity index (χ4v) is 3.69. The molecule has 204 valence electrons. The highest BCUT2D eigenvalue weighted by atomic mass is 16.3. The van der Waals surface area contributed by atoms with Crippen molar-refractivity contribution in [1.29, 1.82) is 0 Å². The van der Waals surface area contributed by atoms with Crippen LogP contribution in [-0.2, 0) is 19.2 Å². The Hall–Kier alpha value is -2.22. The largest absolute Gasteiger partial charge is 0.396 e. The third kappa shape index (κ3) is 17.8. The molecule has 3 amide bonds. The summed E-state index contributed by atoms with van der Waals surface area (Å²) in [5.41, 5.74) is -0.942. The zero-order chi connectivity index (χ0) is 27.9. The Morgan fingerprint density at radius 2 is 1.60 bits per heavy atom. The number of likely N-dealkylation sites (N-methyl/N-ethyl adjacent to an activating group) is 1. The summed E-state index contributed by atoms with van der Waals surface area (Å²) in [6.45, 7) is 18.7. The third-order valence-electron chi connectivity index (χ3n) is 5.69. The second-order valence-corrected chi connectivity index (χ2v) is 11.5. The highest BCUT2D eigenvalue weighted by molar-refractivity contribution is 5.91. The molecule has 0 aliphatic heterocycles. The van der Waals surface area contributed by atoms with Gasteiger partial charge in [-0.25, -0.2) is 0 Å². The van der Waals surface area contributed by atoms with Crippen LogP contribution in [0, 0.1) is 11.3 Å². The minimum atomic E-state index is -0.425. The van der Waals surface area contributed by atoms with Crippen molar-refractivity contribution in [3.8, 4) is 0 Å². The number of allylic oxidation sites excluding steroid dienone is 1. The summed E-state index contributed by atoms with van der Waals surface area (Å²) >= 11 is 0. The number of rotatable bonds is 14. The molecular weight excluding hydrogens is 446 g/mol. The fourth-order valence-electron chi connectivity index (χ4n) is 3.69. The Morgan fingerprint density at radius 3 is 2.06 bits per heavy atom. The van der Waals surface area contributed by atoms with E-state index in [9.17, 15) is 19.2 Å². The van der Waals surface area contributed by atoms with Crippen molar-refractivity contribution in [2.75, 3.05) is 20.2 Å². The van der Waals surface area contributed by atoms with Crippen LogP contribution in [0.3, 0.4) is 0 Å². The Bertz CT molecular complexity index is 697. The van der Waals surface area contributed by atoms with Gasteiger partial charge in [-0.15, -0.1) is 0 Å². The van der Waals surface area contributed by atoms with Gasteiger partial charge in [-0.05, 0) is 64.4 Å². The van der Waals surface area contributed by atoms with Gasteiger partial charge in [0.2, 0.25) is 17.7 Å². The van der Waals surface area contributed by atoms with Crippen molar-refractivity contribution in [3.05, 3.63) is 12.2 Å². The first-order valence-electron chi connectivity index (χ1n) is 12.5. The Labute approximate surface area is 213 Å². The lowest BCUT2D eigenvalue weighted by atomic mass is 9.77. The molecule has 0 aromatic rings. The molecule has 3 N–H and O–H groups in total. The van der Waals surface area contributed by atoms with Gasteiger partial charge in [0.05, 0.1) is 0 Å². The lowest BCUT2D eigenvalue weighted by Gasteiger charge is -2.41. The van der Waals surface area contributed by atoms with Gasteiger partial charge in [0.15, 0.2) is 0 Å². The average molecular weight is 498 g/mol. The van der Waals surface area contributed by atoms with E-state index in [1.165, 1.54) is 12.2 Å². The van der Waals surface area contributed by atoms with Gasteiger partial charge in [0.1, 0.15) is 6.29 Å². The molecule has 0 aromatic heterocycles. The van der Waals surface area contributed by atoms with Crippen LogP contribution in [0.4, 0.5) is 0 Å². The summed E-state index contributed by atoms with van der Waals surface area (Å²) in [5.74, 6) is 0.426. The topological polar surface area (TPSA) is 116 Å². The fraction of sp³-hybridized carbons (Fsp3) is 0.778. The van der Waals surface area contributed by atoms with Crippen LogP contribution in [-0.4, -0.2) is 65.3 Å². The zero-order valence-corrected chi connectivity index (χ0v) is 23.8. The van der Waals surface area contributed by atoms with Crippen molar-refractivity contribution in [2.24, 2.45) is 11.3 Å². The minimum Gasteiger partial charge on any atom is -0.396 e. The summed E-state index contributed by atoms with van der Waals surface area (Å²) in [5, 5.41) is 14.4. The van der Waals surface area contributed by atoms with E-state index in [4.69, 9.17) is 5.11 Å². The summed E-state index contributed by atoms with van der Waals surface area (Å²) in [7, 11) is 1.72. The molecule has 0 unspecified atom stereocenters. The maximum Gasteiger partial charge on any atom is 0.246 e. The van der Waals surface area contributed by atoms with E-state index in [0.717, 1.165) is 6.42 Å². The second kappa shape index (κ2) is 16.5. The normalized spacial score (nSPS) is 12.1. The van der Waals surface area contributed by atoms with Crippen molar-refractivity contribution in [2.45, 2.75) is 105 Å². The van der Waals surface area contributed by atoms with E-state index < -0.39 is 5.54 Å². The highest BCUT2D eigenvalue weighted by Gasteiger charge is 2.34. The van der Waals surface area contributed by atoms with Crippen LogP contribution in [0.5, 0.6) is 0 Å². The molecule has 8 nitrogen and oxygen atoms in total. The molecule has 0 spiro atoms. The number of aliphatic hydroxyl groups excluding tert-OH is 1. The van der Waals surface area contributed by atoms with Crippen LogP contribution >= 0.6 is 0 Å². The SMILES string of the molecule is CC(C)CCNC(=O)CC(C)(C)CC(C)(C)N(C)C(=O)/C=C\C=O.CCC(=O)NC(C)(C)CCO. The average Bonchev–Trinajstić information content (AvgIpc) is 2.69. The predicted molar refractivity (Wildman–Crippen MR) is 142 cm³/mol. The van der Waals surface area contributed by atoms with Gasteiger partial charge in [-0.1, -0.05) is 34.6 Å². The summed E-state index contributed by atoms with van der Waals surface area (Å²) in [6, 6.07) is 0. The summed E-state index contributed by atoms with van der Waals surface area (Å²) in [6.07, 6.45) is 6.20. The van der Waals surface area contributed by atoms with Crippen molar-refractivity contribution < 1.29 is 24.3 Å². The van der Waals surface area contributed by atoms with Gasteiger partial charge >= 0.3 is 0 Å². The monoisotopic (exact) mass is 497 g/mol. The number of nitrogens with one attached hydrogen (secondary N) is 2. The molecule has 0 rings (SSSR count). The lowest BCUT2D eigenvalue weighted by molar-refractivity contribution is -0.130. The summed E-state index contributed by atoms with van der Waals surface area (Å²) < 4.78 is 0. The standard InChI is InChI=1S/C19H34N2O3.C8H17NO2/c1-15(2)10-11-20-16(23)13-18(3,4)14-19(5,6)21(7)17(24)9-8-12-22;1-4-7(11)9-8(2,3)5-6-10/h8-9,12,15H,10-11,13-14H2,1-7H3,(H,20,23);10H,4-6H2,1-3H3,(H,9,11)/b9-8-;. The van der Waals surface area contributed by atoms with Gasteiger partial charge in [0, 0.05) is 50.2 Å². The van der Waals surface area contributed by atoms with E-state index >= 15 is 0 Å². The maximum absolute atomic E-state index is 12.1. The minimum absolute atomic E-state index is 0.0310. The summed E-state index contributed by atoms with van der Waals surface area (Å²) in [4.78, 5) is 47.1. The molecule has 0 saturated carbocycles. The number of carbonyl (C=O) groups is 4. The van der Waals surface area contributed by atoms with Gasteiger partial charge in [0.25, 0.3) is 0 Å². The molecule has 0 aromatic carbocycles. The number of hydrogen-bond donors (Lipinski definition) is 3. The number of amides is 3. The Balaban J connectivity index is 0. The van der Waals surface area contributed by atoms with Crippen molar-refractivity contribution in [3.63, 3.8) is 0 Å². The highest BCUT2D eigenvalue weighted by Crippen LogP contribution is 2.34. The molecule has 0 aliphatic rings. The first-order valence-corrected chi connectivity index (χ1v) is 12.5. The molecule has 8 heteroatoms. The second-order valence-electron chi connectivity index (χ2n) is 11.5. The number of aliphatic hydroxyl groups is 1. The maximum atomic E-state index is 12.1. The number of hydrogen-bond acceptors (Lipinski definition) is 5. The zero-order valence-electron chi connectivity index (χ0n) is 23.8. The van der Waals surface area contributed by atoms with Crippen LogP contribution in [0.25, 0.3) is 0 Å². The Morgan fingerprint density at radius 1 is 1.03 bits per heavy atom. The lowest BCUT2D eigenvalue weighted by Crippen LogP contribution is -2.47. The van der Waals surface area contributed by atoms with Crippen molar-refractivity contribution in [1.82, 2.24) is 15.5 Å². The molecule has 0 saturated heterocycles. The van der Waals surface area contributed by atoms with Gasteiger partial charge in [-0.2, -0.15) is 0 Å². The predicted octanol–water partition coefficient (Wildman–Crippen LogP) is 3.62. The molecule has 35 heavy (non-hydrogen) atoms. The smallest absolute Gasteiger partial charge is 0.246 e. The molecule has 0 radical (unpaired) electrons. The van der Waals surface area contributed by atoms with Gasteiger partial charge in [-0.3, -0.25) is 19.2 Å². The van der Waals surface area contributed by atoms with Crippen LogP contribution in [0.1, 0.15) is 94.4 Å². The first-order chi connectivity index (χ1) is 15.9. The number of aldehydes is 1. The number of nitrogens with zero attached hydrogens (tertiary/aromatic N) is 1. The van der Waals surface area contributed by atoms with Crippen molar-refractivity contribution >= 4 is 24.0 Å². The van der Waals surface area contributed by atoms with Crippen LogP contribution in [0.2, 0.25) is 0 Å².